The van der Waals surface area contributed by atoms with Crippen LogP contribution in [0.5, 0.6) is 0 Å². The number of rotatable bonds is 7. The molecule has 0 bridgehead atoms. The monoisotopic (exact) mass is 689 g/mol. The lowest BCUT2D eigenvalue weighted by atomic mass is 9.98. The molecule has 4 aliphatic heterocycles. The molecule has 4 heterocycles. The number of benzene rings is 2. The largest absolute Gasteiger partial charge is 0.436 e. The molecular weight excluding hydrogens is 646 g/mol. The van der Waals surface area contributed by atoms with Crippen molar-refractivity contribution in [2.45, 2.75) is 69.6 Å². The minimum atomic E-state index is -4.71. The highest BCUT2D eigenvalue weighted by molar-refractivity contribution is 5.91. The number of fused-ring (bicyclic) bond motifs is 1. The molecule has 0 aliphatic carbocycles. The van der Waals surface area contributed by atoms with Crippen molar-refractivity contribution in [3.63, 3.8) is 0 Å². The van der Waals surface area contributed by atoms with E-state index >= 15 is 0 Å². The van der Waals surface area contributed by atoms with Crippen molar-refractivity contribution in [2.24, 2.45) is 0 Å². The van der Waals surface area contributed by atoms with Crippen molar-refractivity contribution >= 4 is 23.7 Å². The van der Waals surface area contributed by atoms with Gasteiger partial charge in [0, 0.05) is 70.0 Å². The Hall–Kier alpha value is -3.91. The van der Waals surface area contributed by atoms with Gasteiger partial charge in [-0.1, -0.05) is 24.3 Å². The van der Waals surface area contributed by atoms with Crippen molar-refractivity contribution in [1.82, 2.24) is 19.6 Å². The number of anilines is 1. The van der Waals surface area contributed by atoms with E-state index in [9.17, 15) is 31.9 Å². The van der Waals surface area contributed by atoms with Crippen LogP contribution in [0, 0.1) is 0 Å². The maximum absolute atomic E-state index is 13.9. The molecule has 10 nitrogen and oxygen atoms in total. The number of amides is 4. The fourth-order valence-corrected chi connectivity index (χ4v) is 7.41. The summed E-state index contributed by atoms with van der Waals surface area (Å²) in [5.41, 5.74) is 0.709. The van der Waals surface area contributed by atoms with Gasteiger partial charge in [0.15, 0.2) is 6.10 Å². The third-order valence-corrected chi connectivity index (χ3v) is 10.1. The average molecular weight is 690 g/mol. The minimum absolute atomic E-state index is 0.0590. The van der Waals surface area contributed by atoms with Crippen LogP contribution in [0.3, 0.4) is 0 Å². The first-order valence-electron chi connectivity index (χ1n) is 17.1. The normalized spacial score (nSPS) is 20.7. The number of hydrogen-bond acceptors (Lipinski definition) is 6. The number of para-hydroxylation sites is 1. The van der Waals surface area contributed by atoms with Gasteiger partial charge in [-0.2, -0.15) is 13.2 Å². The summed E-state index contributed by atoms with van der Waals surface area (Å²) in [6.07, 6.45) is -4.05. The Balaban J connectivity index is 1.12. The molecule has 2 aromatic rings. The summed E-state index contributed by atoms with van der Waals surface area (Å²) in [4.78, 5) is 47.7. The molecule has 49 heavy (non-hydrogen) atoms. The highest BCUT2D eigenvalue weighted by atomic mass is 19.4. The van der Waals surface area contributed by atoms with Gasteiger partial charge in [-0.15, -0.1) is 0 Å². The molecular formula is C35H43F4N5O5. The Morgan fingerprint density at radius 1 is 0.878 bits per heavy atom. The first kappa shape index (κ1) is 34.9. The van der Waals surface area contributed by atoms with Gasteiger partial charge in [0.05, 0.1) is 18.8 Å². The third-order valence-electron chi connectivity index (χ3n) is 10.1. The van der Waals surface area contributed by atoms with Crippen LogP contribution in [0.2, 0.25) is 0 Å². The second kappa shape index (κ2) is 15.3. The smallest absolute Gasteiger partial charge is 0.416 e. The molecule has 1 atom stereocenters. The van der Waals surface area contributed by atoms with Gasteiger partial charge in [0.2, 0.25) is 0 Å². The van der Waals surface area contributed by atoms with Crippen molar-refractivity contribution < 1.29 is 41.4 Å². The summed E-state index contributed by atoms with van der Waals surface area (Å²) in [5.74, 6) is -0.483. The first-order chi connectivity index (χ1) is 23.6. The lowest BCUT2D eigenvalue weighted by molar-refractivity contribution is -0.142. The quantitative estimate of drug-likeness (QED) is 0.407. The second-order valence-corrected chi connectivity index (χ2v) is 13.2. The van der Waals surface area contributed by atoms with Crippen molar-refractivity contribution in [2.75, 3.05) is 64.3 Å². The molecule has 4 amide bonds. The first-order valence-corrected chi connectivity index (χ1v) is 17.1. The number of likely N-dealkylation sites (tertiary alicyclic amines) is 2. The van der Waals surface area contributed by atoms with Gasteiger partial charge < -0.3 is 29.5 Å². The van der Waals surface area contributed by atoms with Crippen LogP contribution in [-0.4, -0.2) is 115 Å². The maximum atomic E-state index is 13.9. The predicted octanol–water partition coefficient (Wildman–Crippen LogP) is 5.10. The average Bonchev–Trinajstić information content (AvgIpc) is 3.29. The summed E-state index contributed by atoms with van der Waals surface area (Å²) in [7, 11) is 0. The molecule has 1 N–H and O–H groups in total. The maximum Gasteiger partial charge on any atom is 0.416 e. The van der Waals surface area contributed by atoms with Crippen LogP contribution in [0.1, 0.15) is 47.9 Å². The number of alkyl halides is 4. The number of carbonyl (C=O) groups excluding carboxylic acids is 3. The molecule has 0 saturated carbocycles. The molecule has 14 heteroatoms. The number of nitrogens with zero attached hydrogens (tertiary/aromatic N) is 4. The molecule has 0 radical (unpaired) electrons. The van der Waals surface area contributed by atoms with Gasteiger partial charge in [0.1, 0.15) is 6.67 Å². The van der Waals surface area contributed by atoms with Crippen LogP contribution in [0.25, 0.3) is 0 Å². The standard InChI is InChI=1S/C35H43F4N5O5/c36-23-25-19-24(20-27(21-25)35(37,38)39)22-31(32(45)42-10-6-28(7-11-42)41-15-17-48-18-16-41)49-34(47)43-12-8-29(9-13-43)44-14-5-26-3-1-2-4-30(26)40-33(44)46/h1-4,19-21,28-29,31H,5-18,22-23H2,(H,40,46)/t31-/m1/s1. The molecule has 2 aromatic carbocycles. The van der Waals surface area contributed by atoms with Crippen LogP contribution in [0.4, 0.5) is 32.8 Å². The van der Waals surface area contributed by atoms with E-state index < -0.39 is 36.5 Å². The van der Waals surface area contributed by atoms with Gasteiger partial charge in [-0.05, 0) is 67.0 Å². The second-order valence-electron chi connectivity index (χ2n) is 13.2. The van der Waals surface area contributed by atoms with E-state index in [1.807, 2.05) is 24.3 Å². The number of halogens is 4. The van der Waals surface area contributed by atoms with Crippen LogP contribution in [0.15, 0.2) is 42.5 Å². The highest BCUT2D eigenvalue weighted by Crippen LogP contribution is 2.32. The lowest BCUT2D eigenvalue weighted by Crippen LogP contribution is -2.53. The summed E-state index contributed by atoms with van der Waals surface area (Å²) < 4.78 is 65.9. The highest BCUT2D eigenvalue weighted by Gasteiger charge is 2.37. The Kier molecular flexibility index (Phi) is 10.9. The van der Waals surface area contributed by atoms with E-state index in [1.54, 1.807) is 9.80 Å². The summed E-state index contributed by atoms with van der Waals surface area (Å²) in [6.45, 7) is 3.77. The number of urea groups is 1. The molecule has 3 saturated heterocycles. The lowest BCUT2D eigenvalue weighted by Gasteiger charge is -2.41. The zero-order chi connectivity index (χ0) is 34.5. The zero-order valence-electron chi connectivity index (χ0n) is 27.4. The number of piperidine rings is 2. The Labute approximate surface area is 283 Å². The molecule has 6 rings (SSSR count). The van der Waals surface area contributed by atoms with Gasteiger partial charge in [-0.3, -0.25) is 9.69 Å². The number of ether oxygens (including phenoxy) is 2. The van der Waals surface area contributed by atoms with Gasteiger partial charge >= 0.3 is 18.3 Å². The fraction of sp³-hybridized carbons (Fsp3) is 0.571. The number of carbonyl (C=O) groups is 3. The third kappa shape index (κ3) is 8.46. The minimum Gasteiger partial charge on any atom is -0.436 e. The van der Waals surface area contributed by atoms with Crippen LogP contribution < -0.4 is 5.32 Å². The van der Waals surface area contributed by atoms with E-state index in [0.29, 0.717) is 65.0 Å². The van der Waals surface area contributed by atoms with Crippen molar-refractivity contribution in [3.05, 3.63) is 64.7 Å². The predicted molar refractivity (Wildman–Crippen MR) is 173 cm³/mol. The Morgan fingerprint density at radius 2 is 1.53 bits per heavy atom. The molecule has 4 aliphatic rings. The molecule has 0 aromatic heterocycles. The van der Waals surface area contributed by atoms with Crippen LogP contribution >= 0.6 is 0 Å². The Morgan fingerprint density at radius 3 is 2.22 bits per heavy atom. The zero-order valence-corrected chi connectivity index (χ0v) is 27.4. The molecule has 0 unspecified atom stereocenters. The summed E-state index contributed by atoms with van der Waals surface area (Å²) >= 11 is 0. The van der Waals surface area contributed by atoms with E-state index in [2.05, 4.69) is 10.2 Å². The summed E-state index contributed by atoms with van der Waals surface area (Å²) in [6, 6.07) is 10.6. The van der Waals surface area contributed by atoms with Gasteiger partial charge in [-0.25, -0.2) is 14.0 Å². The number of nitrogens with one attached hydrogen (secondary N) is 1. The molecule has 0 spiro atoms. The van der Waals surface area contributed by atoms with E-state index in [4.69, 9.17) is 9.47 Å². The van der Waals surface area contributed by atoms with E-state index in [-0.39, 0.29) is 48.8 Å². The Bertz CT molecular complexity index is 1490. The molecule has 266 valence electrons. The summed E-state index contributed by atoms with van der Waals surface area (Å²) in [5, 5.41) is 2.98. The topological polar surface area (TPSA) is 94.7 Å². The van der Waals surface area contributed by atoms with E-state index in [1.165, 1.54) is 11.0 Å². The van der Waals surface area contributed by atoms with Crippen molar-refractivity contribution in [3.8, 4) is 0 Å². The number of hydrogen-bond donors (Lipinski definition) is 1. The van der Waals surface area contributed by atoms with Crippen molar-refractivity contribution in [1.29, 1.82) is 0 Å². The van der Waals surface area contributed by atoms with Crippen LogP contribution in [-0.2, 0) is 40.0 Å². The molecule has 3 fully saturated rings. The SMILES string of the molecule is O=C(O[C@H](Cc1cc(CF)cc(C(F)(F)F)c1)C(=O)N1CCC(N2CCOCC2)CC1)N1CCC(N2CCc3ccccc3NC2=O)CC1. The fourth-order valence-electron chi connectivity index (χ4n) is 7.41. The van der Waals surface area contributed by atoms with E-state index in [0.717, 1.165) is 36.5 Å². The number of morpholine rings is 1. The van der Waals surface area contributed by atoms with Gasteiger partial charge in [0.25, 0.3) is 5.91 Å².